The molecule has 2 aliphatic rings. The molecule has 5 rings (SSSR count). The number of rotatable bonds is 6. The molecule has 1 atom stereocenters. The van der Waals surface area contributed by atoms with Gasteiger partial charge in [-0.05, 0) is 67.1 Å². The van der Waals surface area contributed by atoms with Gasteiger partial charge < -0.3 is 23.9 Å². The fourth-order valence-electron chi connectivity index (χ4n) is 4.12. The summed E-state index contributed by atoms with van der Waals surface area (Å²) in [5.41, 5.74) is 5.08. The first-order valence-electron chi connectivity index (χ1n) is 10.4. The minimum atomic E-state index is -0.899. The van der Waals surface area contributed by atoms with Crippen molar-refractivity contribution in [1.29, 1.82) is 0 Å². The number of aryl methyl sites for hydroxylation is 2. The van der Waals surface area contributed by atoms with Crippen LogP contribution in [0.15, 0.2) is 41.0 Å². The van der Waals surface area contributed by atoms with E-state index >= 15 is 0 Å². The van der Waals surface area contributed by atoms with Gasteiger partial charge in [-0.2, -0.15) is 0 Å². The lowest BCUT2D eigenvalue weighted by Gasteiger charge is -2.13. The van der Waals surface area contributed by atoms with Crippen molar-refractivity contribution in [2.45, 2.75) is 45.3 Å². The van der Waals surface area contributed by atoms with Gasteiger partial charge in [0.15, 0.2) is 17.6 Å². The van der Waals surface area contributed by atoms with E-state index in [1.165, 1.54) is 11.1 Å². The number of fused-ring (bicyclic) bond motifs is 3. The fourth-order valence-corrected chi connectivity index (χ4v) is 4.12. The Kier molecular flexibility index (Phi) is 5.02. The van der Waals surface area contributed by atoms with E-state index in [1.807, 2.05) is 12.1 Å². The third-order valence-corrected chi connectivity index (χ3v) is 5.78. The number of amides is 1. The molecule has 0 bridgehead atoms. The lowest BCUT2D eigenvalue weighted by atomic mass is 10.0. The Morgan fingerprint density at radius 2 is 1.90 bits per heavy atom. The molecule has 0 saturated carbocycles. The Bertz CT molecular complexity index is 1160. The Balaban J connectivity index is 1.16. The van der Waals surface area contributed by atoms with Crippen molar-refractivity contribution in [3.8, 4) is 11.5 Å². The third kappa shape index (κ3) is 3.95. The lowest BCUT2D eigenvalue weighted by molar-refractivity contribution is -0.154. The molecule has 31 heavy (non-hydrogen) atoms. The number of carbonyl (C=O) groups excluding carboxylic acids is 2. The van der Waals surface area contributed by atoms with Crippen LogP contribution in [0.3, 0.4) is 0 Å². The highest BCUT2D eigenvalue weighted by Gasteiger charge is 2.21. The van der Waals surface area contributed by atoms with Crippen LogP contribution in [0.4, 0.5) is 0 Å². The number of ether oxygens (including phenoxy) is 3. The van der Waals surface area contributed by atoms with Gasteiger partial charge in [-0.1, -0.05) is 6.07 Å². The monoisotopic (exact) mass is 421 g/mol. The number of benzene rings is 2. The summed E-state index contributed by atoms with van der Waals surface area (Å²) in [4.78, 5) is 24.8. The molecular weight excluding hydrogens is 398 g/mol. The molecule has 0 spiro atoms. The topological polar surface area (TPSA) is 87.0 Å². The van der Waals surface area contributed by atoms with Crippen molar-refractivity contribution < 1.29 is 28.2 Å². The average Bonchev–Trinajstić information content (AvgIpc) is 3.49. The first-order chi connectivity index (χ1) is 15.1. The van der Waals surface area contributed by atoms with Crippen molar-refractivity contribution in [3.63, 3.8) is 0 Å². The Labute approximate surface area is 179 Å². The molecule has 2 aromatic carbocycles. The Morgan fingerprint density at radius 3 is 2.77 bits per heavy atom. The highest BCUT2D eigenvalue weighted by atomic mass is 16.7. The van der Waals surface area contributed by atoms with Gasteiger partial charge in [-0.25, -0.2) is 0 Å². The second kappa shape index (κ2) is 7.98. The van der Waals surface area contributed by atoms with E-state index in [2.05, 4.69) is 17.4 Å². The molecule has 0 radical (unpaired) electrons. The molecule has 1 N–H and O–H groups in total. The Hall–Kier alpha value is -3.48. The molecule has 0 unspecified atom stereocenters. The van der Waals surface area contributed by atoms with Crippen molar-refractivity contribution in [2.75, 3.05) is 6.79 Å². The van der Waals surface area contributed by atoms with Crippen LogP contribution in [-0.2, 0) is 40.1 Å². The number of furan rings is 1. The summed E-state index contributed by atoms with van der Waals surface area (Å²) in [6.07, 6.45) is 4.04. The van der Waals surface area contributed by atoms with Gasteiger partial charge in [0.05, 0.1) is 12.7 Å². The number of hydrogen-bond acceptors (Lipinski definition) is 6. The summed E-state index contributed by atoms with van der Waals surface area (Å²) < 4.78 is 21.6. The second-order valence-corrected chi connectivity index (χ2v) is 7.95. The fraction of sp³-hybridized carbons (Fsp3) is 0.333. The SMILES string of the molecule is C[C@H](OC(=O)Cc1coc2cc3c(cc12)CCC3)C(=O)NCc1ccc2c(c1)OCO2. The summed E-state index contributed by atoms with van der Waals surface area (Å²) in [5, 5.41) is 3.72. The van der Waals surface area contributed by atoms with E-state index in [9.17, 15) is 9.59 Å². The van der Waals surface area contributed by atoms with Crippen molar-refractivity contribution >= 4 is 22.8 Å². The Morgan fingerprint density at radius 1 is 1.10 bits per heavy atom. The van der Waals surface area contributed by atoms with E-state index in [4.69, 9.17) is 18.6 Å². The molecule has 160 valence electrons. The predicted molar refractivity (Wildman–Crippen MR) is 112 cm³/mol. The maximum Gasteiger partial charge on any atom is 0.311 e. The molecule has 2 heterocycles. The van der Waals surface area contributed by atoms with Crippen LogP contribution in [0.1, 0.15) is 35.6 Å². The van der Waals surface area contributed by atoms with Gasteiger partial charge in [-0.15, -0.1) is 0 Å². The maximum absolute atomic E-state index is 12.4. The molecule has 3 aromatic rings. The number of hydrogen-bond donors (Lipinski definition) is 1. The molecule has 0 fully saturated rings. The largest absolute Gasteiger partial charge is 0.464 e. The highest BCUT2D eigenvalue weighted by Crippen LogP contribution is 2.32. The zero-order valence-electron chi connectivity index (χ0n) is 17.2. The average molecular weight is 421 g/mol. The van der Waals surface area contributed by atoms with Crippen LogP contribution in [0.25, 0.3) is 11.0 Å². The highest BCUT2D eigenvalue weighted by molar-refractivity contribution is 5.88. The van der Waals surface area contributed by atoms with Gasteiger partial charge in [0.2, 0.25) is 6.79 Å². The number of nitrogens with one attached hydrogen (secondary N) is 1. The smallest absolute Gasteiger partial charge is 0.311 e. The van der Waals surface area contributed by atoms with Crippen LogP contribution in [0.2, 0.25) is 0 Å². The van der Waals surface area contributed by atoms with Crippen molar-refractivity contribution in [3.05, 3.63) is 58.8 Å². The third-order valence-electron chi connectivity index (χ3n) is 5.78. The van der Waals surface area contributed by atoms with Gasteiger partial charge in [0, 0.05) is 17.5 Å². The zero-order valence-corrected chi connectivity index (χ0v) is 17.2. The van der Waals surface area contributed by atoms with E-state index in [-0.39, 0.29) is 19.1 Å². The van der Waals surface area contributed by atoms with Crippen molar-refractivity contribution in [2.24, 2.45) is 0 Å². The summed E-state index contributed by atoms with van der Waals surface area (Å²) in [7, 11) is 0. The molecular formula is C24H23NO6. The molecule has 7 nitrogen and oxygen atoms in total. The first kappa shape index (κ1) is 19.5. The summed E-state index contributed by atoms with van der Waals surface area (Å²) in [6, 6.07) is 9.66. The zero-order chi connectivity index (χ0) is 21.4. The van der Waals surface area contributed by atoms with Gasteiger partial charge in [-0.3, -0.25) is 9.59 Å². The van der Waals surface area contributed by atoms with Crippen LogP contribution >= 0.6 is 0 Å². The molecule has 1 aromatic heterocycles. The number of esters is 1. The van der Waals surface area contributed by atoms with Gasteiger partial charge in [0.25, 0.3) is 5.91 Å². The lowest BCUT2D eigenvalue weighted by Crippen LogP contribution is -2.35. The summed E-state index contributed by atoms with van der Waals surface area (Å²) in [6.45, 7) is 2.06. The minimum Gasteiger partial charge on any atom is -0.464 e. The van der Waals surface area contributed by atoms with Gasteiger partial charge in [0.1, 0.15) is 5.58 Å². The summed E-state index contributed by atoms with van der Waals surface area (Å²) >= 11 is 0. The van der Waals surface area contributed by atoms with Crippen LogP contribution in [-0.4, -0.2) is 24.8 Å². The predicted octanol–water partition coefficient (Wildman–Crippen LogP) is 3.44. The van der Waals surface area contributed by atoms with Crippen LogP contribution < -0.4 is 14.8 Å². The van der Waals surface area contributed by atoms with E-state index < -0.39 is 12.1 Å². The van der Waals surface area contributed by atoms with Crippen LogP contribution in [0, 0.1) is 0 Å². The maximum atomic E-state index is 12.4. The van der Waals surface area contributed by atoms with E-state index in [0.717, 1.165) is 41.4 Å². The normalized spacial score (nSPS) is 15.0. The second-order valence-electron chi connectivity index (χ2n) is 7.95. The standard InChI is InChI=1S/C24H23NO6/c1-14(24(27)25-11-15-5-6-20-22(7-15)30-13-29-20)31-23(26)10-18-12-28-21-9-17-4-2-3-16(17)8-19(18)21/h5-9,12,14H,2-4,10-11,13H2,1H3,(H,25,27)/t14-/m0/s1. The van der Waals surface area contributed by atoms with Crippen molar-refractivity contribution in [1.82, 2.24) is 5.32 Å². The molecule has 1 aliphatic heterocycles. The molecule has 7 heteroatoms. The number of carbonyl (C=O) groups is 2. The van der Waals surface area contributed by atoms with Gasteiger partial charge >= 0.3 is 5.97 Å². The van der Waals surface area contributed by atoms with E-state index in [0.29, 0.717) is 18.0 Å². The molecule has 1 amide bonds. The van der Waals surface area contributed by atoms with E-state index in [1.54, 1.807) is 19.3 Å². The summed E-state index contributed by atoms with van der Waals surface area (Å²) in [5.74, 6) is 0.521. The molecule has 0 saturated heterocycles. The molecule has 1 aliphatic carbocycles. The van der Waals surface area contributed by atoms with Crippen LogP contribution in [0.5, 0.6) is 11.5 Å². The minimum absolute atomic E-state index is 0.0611. The quantitative estimate of drug-likeness (QED) is 0.614. The first-order valence-corrected chi connectivity index (χ1v) is 10.4.